The number of nitrogens with zero attached hydrogens (tertiary/aromatic N) is 6. The van der Waals surface area contributed by atoms with Gasteiger partial charge in [-0.2, -0.15) is 15.1 Å². The van der Waals surface area contributed by atoms with Crippen molar-refractivity contribution in [2.75, 3.05) is 38.2 Å². The lowest BCUT2D eigenvalue weighted by molar-refractivity contribution is -0.126. The molecule has 10 nitrogen and oxygen atoms in total. The Morgan fingerprint density at radius 1 is 1.12 bits per heavy atom. The molecule has 1 fully saturated rings. The minimum Gasteiger partial charge on any atom is -0.467 e. The summed E-state index contributed by atoms with van der Waals surface area (Å²) in [5.41, 5.74) is 4.08. The van der Waals surface area contributed by atoms with E-state index in [1.165, 1.54) is 13.2 Å². The molecule has 0 atom stereocenters. The maximum atomic E-state index is 13.6. The molecular formula is C23H25N7O3. The molecule has 3 aromatic rings. The number of carbonyl (C=O) groups excluding carboxylic acids is 2. The average Bonchev–Trinajstić information content (AvgIpc) is 3.49. The van der Waals surface area contributed by atoms with Gasteiger partial charge in [0, 0.05) is 37.1 Å². The number of piperazine rings is 1. The number of carbonyl (C=O) groups is 2. The smallest absolute Gasteiger partial charge is 0.318 e. The first-order valence-corrected chi connectivity index (χ1v) is 10.8. The summed E-state index contributed by atoms with van der Waals surface area (Å²) in [4.78, 5) is 40.4. The minimum atomic E-state index is -0.0688. The summed E-state index contributed by atoms with van der Waals surface area (Å²) >= 11 is 0. The largest absolute Gasteiger partial charge is 0.467 e. The van der Waals surface area contributed by atoms with Crippen LogP contribution in [0.5, 0.6) is 6.01 Å². The molecule has 4 heterocycles. The number of fused-ring (bicyclic) bond motifs is 2. The third kappa shape index (κ3) is 3.57. The van der Waals surface area contributed by atoms with E-state index in [1.54, 1.807) is 16.0 Å². The van der Waals surface area contributed by atoms with Gasteiger partial charge in [0.15, 0.2) is 0 Å². The number of aromatic nitrogens is 4. The second kappa shape index (κ2) is 8.19. The number of ether oxygens (including phenoxy) is 1. The number of aromatic amines is 1. The number of H-pyrrole nitrogens is 1. The lowest BCUT2D eigenvalue weighted by atomic mass is 10.0. The van der Waals surface area contributed by atoms with Gasteiger partial charge in [-0.3, -0.25) is 14.7 Å². The van der Waals surface area contributed by atoms with E-state index in [-0.39, 0.29) is 17.8 Å². The summed E-state index contributed by atoms with van der Waals surface area (Å²) in [7, 11) is 1.53. The molecule has 0 radical (unpaired) electrons. The molecule has 2 aliphatic heterocycles. The van der Waals surface area contributed by atoms with Crippen molar-refractivity contribution in [2.24, 2.45) is 0 Å². The summed E-state index contributed by atoms with van der Waals surface area (Å²) in [5.74, 6) is 0.626. The minimum absolute atomic E-state index is 0.0659. The Kier molecular flexibility index (Phi) is 5.20. The number of benzene rings is 1. The second-order valence-electron chi connectivity index (χ2n) is 8.23. The molecule has 0 saturated carbocycles. The molecular weight excluding hydrogens is 422 g/mol. The van der Waals surface area contributed by atoms with Crippen LogP contribution < -0.4 is 9.64 Å². The highest BCUT2D eigenvalue weighted by molar-refractivity contribution is 6.07. The van der Waals surface area contributed by atoms with Crippen LogP contribution in [-0.2, 0) is 17.9 Å². The van der Waals surface area contributed by atoms with Gasteiger partial charge in [0.25, 0.3) is 5.91 Å². The van der Waals surface area contributed by atoms with Crippen LogP contribution in [0.4, 0.5) is 5.82 Å². The maximum Gasteiger partial charge on any atom is 0.318 e. The van der Waals surface area contributed by atoms with Crippen molar-refractivity contribution in [2.45, 2.75) is 20.0 Å². The van der Waals surface area contributed by atoms with Gasteiger partial charge in [-0.15, -0.1) is 0 Å². The number of methoxy groups -OCH3 is 1. The van der Waals surface area contributed by atoms with Crippen molar-refractivity contribution in [3.8, 4) is 6.01 Å². The van der Waals surface area contributed by atoms with E-state index >= 15 is 0 Å². The van der Waals surface area contributed by atoms with Gasteiger partial charge in [-0.05, 0) is 24.6 Å². The molecule has 170 valence electrons. The zero-order chi connectivity index (χ0) is 23.1. The van der Waals surface area contributed by atoms with Crippen LogP contribution in [0.2, 0.25) is 0 Å². The first-order chi connectivity index (χ1) is 16.0. The lowest BCUT2D eigenvalue weighted by Crippen LogP contribution is -2.48. The monoisotopic (exact) mass is 447 g/mol. The number of aryl methyl sites for hydroxylation is 1. The van der Waals surface area contributed by atoms with Gasteiger partial charge in [-0.1, -0.05) is 12.6 Å². The molecule has 0 spiro atoms. The summed E-state index contributed by atoms with van der Waals surface area (Å²) in [6.07, 6.45) is 3.03. The highest BCUT2D eigenvalue weighted by Crippen LogP contribution is 2.33. The number of rotatable bonds is 4. The van der Waals surface area contributed by atoms with E-state index in [2.05, 4.69) is 31.6 Å². The van der Waals surface area contributed by atoms with Gasteiger partial charge < -0.3 is 19.4 Å². The molecule has 2 amide bonds. The molecule has 0 unspecified atom stereocenters. The fourth-order valence-electron chi connectivity index (χ4n) is 4.55. The van der Waals surface area contributed by atoms with E-state index in [9.17, 15) is 9.59 Å². The second-order valence-corrected chi connectivity index (χ2v) is 8.23. The van der Waals surface area contributed by atoms with Crippen LogP contribution in [-0.4, -0.2) is 75.1 Å². The molecule has 1 aromatic carbocycles. The third-order valence-corrected chi connectivity index (χ3v) is 6.32. The normalized spacial score (nSPS) is 15.6. The Labute approximate surface area is 190 Å². The number of anilines is 1. The van der Waals surface area contributed by atoms with Crippen LogP contribution >= 0.6 is 0 Å². The van der Waals surface area contributed by atoms with Crippen molar-refractivity contribution in [3.05, 3.63) is 53.4 Å². The van der Waals surface area contributed by atoms with Gasteiger partial charge in [0.2, 0.25) is 5.91 Å². The van der Waals surface area contributed by atoms with E-state index in [1.807, 2.05) is 19.1 Å². The van der Waals surface area contributed by atoms with Crippen molar-refractivity contribution in [3.63, 3.8) is 0 Å². The standard InChI is InChI=1S/C23H25N7O3/c1-4-19(31)28-7-9-29(10-8-28)21-16-12-30(13-18(16)25-23(26-21)33-3)22(32)20-14(2)5-6-17-15(20)11-24-27-17/h4-6,11H,1,7-10,12-13H2,2-3H3,(H,24,27). The lowest BCUT2D eigenvalue weighted by Gasteiger charge is -2.35. The van der Waals surface area contributed by atoms with Crippen LogP contribution in [0.15, 0.2) is 31.0 Å². The summed E-state index contributed by atoms with van der Waals surface area (Å²) in [6.45, 7) is 8.71. The molecule has 33 heavy (non-hydrogen) atoms. The van der Waals surface area contributed by atoms with Gasteiger partial charge in [-0.25, -0.2) is 0 Å². The predicted octanol–water partition coefficient (Wildman–Crippen LogP) is 1.66. The van der Waals surface area contributed by atoms with Crippen molar-refractivity contribution in [1.82, 2.24) is 30.0 Å². The molecule has 10 heteroatoms. The van der Waals surface area contributed by atoms with Gasteiger partial charge in [0.1, 0.15) is 5.82 Å². The number of nitrogens with one attached hydrogen (secondary N) is 1. The number of amides is 2. The first kappa shape index (κ1) is 20.9. The van der Waals surface area contributed by atoms with Crippen LogP contribution in [0.1, 0.15) is 27.2 Å². The van der Waals surface area contributed by atoms with E-state index in [0.29, 0.717) is 44.8 Å². The fourth-order valence-corrected chi connectivity index (χ4v) is 4.55. The summed E-state index contributed by atoms with van der Waals surface area (Å²) < 4.78 is 5.35. The molecule has 0 aliphatic carbocycles. The summed E-state index contributed by atoms with van der Waals surface area (Å²) in [5, 5.41) is 7.84. The Hall–Kier alpha value is -3.95. The van der Waals surface area contributed by atoms with Gasteiger partial charge >= 0.3 is 6.01 Å². The van der Waals surface area contributed by atoms with Crippen LogP contribution in [0, 0.1) is 6.92 Å². The number of hydrogen-bond acceptors (Lipinski definition) is 7. The van der Waals surface area contributed by atoms with Crippen molar-refractivity contribution in [1.29, 1.82) is 0 Å². The van der Waals surface area contributed by atoms with Crippen LogP contribution in [0.3, 0.4) is 0 Å². The van der Waals surface area contributed by atoms with Crippen LogP contribution in [0.25, 0.3) is 10.9 Å². The molecule has 0 bridgehead atoms. The molecule has 2 aromatic heterocycles. The molecule has 1 N–H and O–H groups in total. The van der Waals surface area contributed by atoms with E-state index in [0.717, 1.165) is 33.5 Å². The predicted molar refractivity (Wildman–Crippen MR) is 122 cm³/mol. The van der Waals surface area contributed by atoms with Gasteiger partial charge in [0.05, 0.1) is 43.2 Å². The quantitative estimate of drug-likeness (QED) is 0.606. The zero-order valence-corrected chi connectivity index (χ0v) is 18.7. The Morgan fingerprint density at radius 3 is 2.64 bits per heavy atom. The highest BCUT2D eigenvalue weighted by Gasteiger charge is 2.33. The van der Waals surface area contributed by atoms with E-state index < -0.39 is 0 Å². The third-order valence-electron chi connectivity index (χ3n) is 6.32. The number of hydrogen-bond donors (Lipinski definition) is 1. The SMILES string of the molecule is C=CC(=O)N1CCN(c2nc(OC)nc3c2CN(C(=O)c2c(C)ccc4[nH]ncc24)C3)CC1. The highest BCUT2D eigenvalue weighted by atomic mass is 16.5. The van der Waals surface area contributed by atoms with Crippen molar-refractivity contribution < 1.29 is 14.3 Å². The summed E-state index contributed by atoms with van der Waals surface area (Å²) in [6, 6.07) is 4.13. The first-order valence-electron chi connectivity index (χ1n) is 10.8. The van der Waals surface area contributed by atoms with E-state index in [4.69, 9.17) is 4.74 Å². The Morgan fingerprint density at radius 2 is 1.91 bits per heavy atom. The Bertz CT molecular complexity index is 1260. The topological polar surface area (TPSA) is 108 Å². The Balaban J connectivity index is 1.44. The maximum absolute atomic E-state index is 13.6. The fraction of sp³-hybridized carbons (Fsp3) is 0.348. The average molecular weight is 447 g/mol. The van der Waals surface area contributed by atoms with Crippen molar-refractivity contribution >= 4 is 28.5 Å². The molecule has 2 aliphatic rings. The molecule has 1 saturated heterocycles. The zero-order valence-electron chi connectivity index (χ0n) is 18.7. The molecule has 5 rings (SSSR count).